The first-order chi connectivity index (χ1) is 5.61. The maximum absolute atomic E-state index is 9.56. The lowest BCUT2D eigenvalue weighted by atomic mass is 10.1. The number of hydrogen-bond donors (Lipinski definition) is 2. The third-order valence-electron chi connectivity index (χ3n) is 1.80. The summed E-state index contributed by atoms with van der Waals surface area (Å²) in [7, 11) is 2.82. The number of aliphatic hydroxyl groups is 2. The molecule has 0 amide bonds. The molecule has 0 aromatic rings. The van der Waals surface area contributed by atoms with E-state index < -0.39 is 5.79 Å². The van der Waals surface area contributed by atoms with E-state index in [4.69, 9.17) is 9.47 Å². The molecule has 1 unspecified atom stereocenters. The second-order valence-corrected chi connectivity index (χ2v) is 2.57. The Bertz CT molecular complexity index is 231. The van der Waals surface area contributed by atoms with Crippen LogP contribution >= 0.6 is 0 Å². The van der Waals surface area contributed by atoms with E-state index in [1.807, 2.05) is 0 Å². The number of aliphatic hydroxyl groups excluding tert-OH is 1. The Morgan fingerprint density at radius 1 is 1.50 bits per heavy atom. The highest BCUT2D eigenvalue weighted by Crippen LogP contribution is 2.26. The van der Waals surface area contributed by atoms with Gasteiger partial charge in [0.25, 0.3) is 0 Å². The van der Waals surface area contributed by atoms with Crippen LogP contribution in [0.5, 0.6) is 0 Å². The molecule has 0 saturated carbocycles. The number of hydrogen-bond acceptors (Lipinski definition) is 4. The molecule has 0 aromatic heterocycles. The van der Waals surface area contributed by atoms with Crippen LogP contribution in [-0.2, 0) is 9.47 Å². The first kappa shape index (κ1) is 9.09. The summed E-state index contributed by atoms with van der Waals surface area (Å²) in [5.41, 5.74) is 0. The maximum atomic E-state index is 9.56. The molecule has 0 heterocycles. The average Bonchev–Trinajstić information content (AvgIpc) is 2.10. The number of allylic oxidation sites excluding steroid dienone is 1. The Hall–Kier alpha value is -1.00. The van der Waals surface area contributed by atoms with Crippen LogP contribution in [0.2, 0.25) is 0 Å². The van der Waals surface area contributed by atoms with E-state index in [2.05, 4.69) is 0 Å². The van der Waals surface area contributed by atoms with E-state index in [1.54, 1.807) is 0 Å². The normalized spacial score (nSPS) is 29.2. The molecule has 1 atom stereocenters. The Morgan fingerprint density at radius 2 is 2.17 bits per heavy atom. The summed E-state index contributed by atoms with van der Waals surface area (Å²) < 4.78 is 9.64. The summed E-state index contributed by atoms with van der Waals surface area (Å²) in [4.78, 5) is 0. The zero-order valence-electron chi connectivity index (χ0n) is 7.07. The van der Waals surface area contributed by atoms with Gasteiger partial charge in [0, 0.05) is 7.11 Å². The molecule has 0 radical (unpaired) electrons. The summed E-state index contributed by atoms with van der Waals surface area (Å²) in [6.07, 6.45) is 2.86. The van der Waals surface area contributed by atoms with E-state index in [-0.39, 0.29) is 12.2 Å². The smallest absolute Gasteiger partial charge is 0.192 e. The fourth-order valence-electron chi connectivity index (χ4n) is 0.999. The SMILES string of the molecule is COC1=C(O)C=CC(O)(OC)C1. The highest BCUT2D eigenvalue weighted by molar-refractivity contribution is 5.24. The molecule has 4 heteroatoms. The highest BCUT2D eigenvalue weighted by Gasteiger charge is 2.29. The summed E-state index contributed by atoms with van der Waals surface area (Å²) in [6.45, 7) is 0. The first-order valence-corrected chi connectivity index (χ1v) is 3.54. The van der Waals surface area contributed by atoms with Crippen molar-refractivity contribution in [2.45, 2.75) is 12.2 Å². The molecule has 0 spiro atoms. The van der Waals surface area contributed by atoms with Gasteiger partial charge in [-0.2, -0.15) is 0 Å². The molecule has 0 saturated heterocycles. The van der Waals surface area contributed by atoms with Gasteiger partial charge in [0.2, 0.25) is 0 Å². The van der Waals surface area contributed by atoms with Crippen LogP contribution < -0.4 is 0 Å². The Morgan fingerprint density at radius 3 is 2.67 bits per heavy atom. The van der Waals surface area contributed by atoms with E-state index in [0.717, 1.165) is 0 Å². The van der Waals surface area contributed by atoms with Crippen molar-refractivity contribution in [3.63, 3.8) is 0 Å². The van der Waals surface area contributed by atoms with Crippen LogP contribution in [0, 0.1) is 0 Å². The molecule has 12 heavy (non-hydrogen) atoms. The lowest BCUT2D eigenvalue weighted by molar-refractivity contribution is -0.151. The predicted octanol–water partition coefficient (Wildman–Crippen LogP) is 0.697. The summed E-state index contributed by atoms with van der Waals surface area (Å²) in [5, 5.41) is 18.8. The summed E-state index contributed by atoms with van der Waals surface area (Å²) >= 11 is 0. The van der Waals surface area contributed by atoms with Crippen molar-refractivity contribution in [3.05, 3.63) is 23.7 Å². The molecule has 0 aliphatic heterocycles. The van der Waals surface area contributed by atoms with Crippen molar-refractivity contribution >= 4 is 0 Å². The van der Waals surface area contributed by atoms with Gasteiger partial charge < -0.3 is 19.7 Å². The van der Waals surface area contributed by atoms with Crippen LogP contribution in [0.4, 0.5) is 0 Å². The lowest BCUT2D eigenvalue weighted by Crippen LogP contribution is -2.31. The van der Waals surface area contributed by atoms with Crippen LogP contribution in [0.1, 0.15) is 6.42 Å². The summed E-state index contributed by atoms with van der Waals surface area (Å²) in [5.74, 6) is -1.00. The van der Waals surface area contributed by atoms with Crippen LogP contribution in [0.15, 0.2) is 23.7 Å². The fourth-order valence-corrected chi connectivity index (χ4v) is 0.999. The van der Waals surface area contributed by atoms with Crippen molar-refractivity contribution in [2.24, 2.45) is 0 Å². The standard InChI is InChI=1S/C8H12O4/c1-11-7-5-8(10,12-2)4-3-6(7)9/h3-4,9-10H,5H2,1-2H3. The maximum Gasteiger partial charge on any atom is 0.192 e. The van der Waals surface area contributed by atoms with Crippen molar-refractivity contribution < 1.29 is 19.7 Å². The van der Waals surface area contributed by atoms with E-state index >= 15 is 0 Å². The van der Waals surface area contributed by atoms with Gasteiger partial charge in [0.15, 0.2) is 11.5 Å². The van der Waals surface area contributed by atoms with Crippen molar-refractivity contribution in [2.75, 3.05) is 14.2 Å². The molecule has 1 aliphatic rings. The van der Waals surface area contributed by atoms with E-state index in [1.165, 1.54) is 26.4 Å². The molecular weight excluding hydrogens is 160 g/mol. The Labute approximate surface area is 70.7 Å². The molecule has 68 valence electrons. The van der Waals surface area contributed by atoms with Gasteiger partial charge in [-0.15, -0.1) is 0 Å². The van der Waals surface area contributed by atoms with Gasteiger partial charge in [-0.05, 0) is 12.2 Å². The highest BCUT2D eigenvalue weighted by atomic mass is 16.6. The zero-order chi connectivity index (χ0) is 9.19. The minimum atomic E-state index is -1.35. The molecular formula is C8H12O4. The van der Waals surface area contributed by atoms with Gasteiger partial charge in [-0.1, -0.05) is 0 Å². The van der Waals surface area contributed by atoms with Crippen LogP contribution in [0.3, 0.4) is 0 Å². The van der Waals surface area contributed by atoms with Gasteiger partial charge in [0.05, 0.1) is 13.5 Å². The van der Waals surface area contributed by atoms with Crippen LogP contribution in [0.25, 0.3) is 0 Å². The molecule has 4 nitrogen and oxygen atoms in total. The molecule has 0 aromatic carbocycles. The zero-order valence-corrected chi connectivity index (χ0v) is 7.07. The molecule has 2 N–H and O–H groups in total. The van der Waals surface area contributed by atoms with Crippen molar-refractivity contribution in [1.82, 2.24) is 0 Å². The third kappa shape index (κ3) is 1.60. The number of rotatable bonds is 2. The van der Waals surface area contributed by atoms with Gasteiger partial charge in [-0.3, -0.25) is 0 Å². The molecule has 0 fully saturated rings. The minimum Gasteiger partial charge on any atom is -0.504 e. The number of methoxy groups -OCH3 is 2. The molecule has 1 aliphatic carbocycles. The monoisotopic (exact) mass is 172 g/mol. The van der Waals surface area contributed by atoms with E-state index in [0.29, 0.717) is 5.76 Å². The molecule has 0 bridgehead atoms. The lowest BCUT2D eigenvalue weighted by Gasteiger charge is -2.26. The average molecular weight is 172 g/mol. The van der Waals surface area contributed by atoms with Crippen molar-refractivity contribution in [1.29, 1.82) is 0 Å². The van der Waals surface area contributed by atoms with Gasteiger partial charge in [0.1, 0.15) is 5.76 Å². The van der Waals surface area contributed by atoms with Crippen molar-refractivity contribution in [3.8, 4) is 0 Å². The molecule has 1 rings (SSSR count). The quantitative estimate of drug-likeness (QED) is 0.602. The second-order valence-electron chi connectivity index (χ2n) is 2.57. The summed E-state index contributed by atoms with van der Waals surface area (Å²) in [6, 6.07) is 0. The topological polar surface area (TPSA) is 58.9 Å². The predicted molar refractivity (Wildman–Crippen MR) is 42.4 cm³/mol. The fraction of sp³-hybridized carbons (Fsp3) is 0.500. The Kier molecular flexibility index (Phi) is 2.40. The second kappa shape index (κ2) is 3.16. The Balaban J connectivity index is 2.83. The largest absolute Gasteiger partial charge is 0.504 e. The third-order valence-corrected chi connectivity index (χ3v) is 1.80. The van der Waals surface area contributed by atoms with E-state index in [9.17, 15) is 10.2 Å². The van der Waals surface area contributed by atoms with Gasteiger partial charge in [-0.25, -0.2) is 0 Å². The van der Waals surface area contributed by atoms with Gasteiger partial charge >= 0.3 is 0 Å². The van der Waals surface area contributed by atoms with Crippen LogP contribution in [-0.4, -0.2) is 30.2 Å². The minimum absolute atomic E-state index is 0.0271. The number of ether oxygens (including phenoxy) is 2. The first-order valence-electron chi connectivity index (χ1n) is 3.54.